The van der Waals surface area contributed by atoms with E-state index in [0.717, 1.165) is 17.7 Å². The summed E-state index contributed by atoms with van der Waals surface area (Å²) < 4.78 is 11.3. The van der Waals surface area contributed by atoms with Crippen molar-refractivity contribution >= 4 is 17.6 Å². The largest absolute Gasteiger partial charge is 0.488 e. The van der Waals surface area contributed by atoms with Crippen molar-refractivity contribution in [2.45, 2.75) is 65.9 Å². The Balaban J connectivity index is 1.94. The van der Waals surface area contributed by atoms with Gasteiger partial charge >= 0.3 is 5.97 Å². The minimum atomic E-state index is -0.282. The van der Waals surface area contributed by atoms with Gasteiger partial charge in [-0.25, -0.2) is 4.79 Å². The second-order valence-corrected chi connectivity index (χ2v) is 9.26. The highest BCUT2D eigenvalue weighted by atomic mass is 16.5. The van der Waals surface area contributed by atoms with Crippen LogP contribution in [0.2, 0.25) is 0 Å². The molecule has 0 radical (unpaired) electrons. The Morgan fingerprint density at radius 1 is 1.14 bits per heavy atom. The third-order valence-electron chi connectivity index (χ3n) is 5.54. The zero-order chi connectivity index (χ0) is 21.4. The van der Waals surface area contributed by atoms with Gasteiger partial charge in [-0.15, -0.1) is 0 Å². The number of allylic oxidation sites excluding steroid dienone is 1. The summed E-state index contributed by atoms with van der Waals surface area (Å²) in [4.78, 5) is 11.8. The maximum atomic E-state index is 11.8. The summed E-state index contributed by atoms with van der Waals surface area (Å²) >= 11 is 0. The molecule has 29 heavy (non-hydrogen) atoms. The first kappa shape index (κ1) is 21.2. The number of hydrogen-bond donors (Lipinski definition) is 0. The number of rotatable bonds is 4. The van der Waals surface area contributed by atoms with Crippen molar-refractivity contribution in [1.29, 1.82) is 0 Å². The molecule has 3 nitrogen and oxygen atoms in total. The van der Waals surface area contributed by atoms with E-state index in [4.69, 9.17) is 9.47 Å². The Hall–Kier alpha value is -2.55. The van der Waals surface area contributed by atoms with Crippen LogP contribution in [0.1, 0.15) is 80.6 Å². The average Bonchev–Trinajstić information content (AvgIpc) is 2.60. The molecule has 3 rings (SSSR count). The number of esters is 1. The molecule has 3 heteroatoms. The van der Waals surface area contributed by atoms with Gasteiger partial charge in [0.1, 0.15) is 11.4 Å². The zero-order valence-corrected chi connectivity index (χ0v) is 18.7. The second kappa shape index (κ2) is 7.70. The van der Waals surface area contributed by atoms with Gasteiger partial charge in [0.05, 0.1) is 12.2 Å². The fourth-order valence-electron chi connectivity index (χ4n) is 4.47. The fraction of sp³-hybridized carbons (Fsp3) is 0.423. The van der Waals surface area contributed by atoms with Crippen molar-refractivity contribution in [3.63, 3.8) is 0 Å². The van der Waals surface area contributed by atoms with E-state index in [2.05, 4.69) is 59.8 Å². The maximum Gasteiger partial charge on any atom is 0.338 e. The molecule has 2 aromatic rings. The summed E-state index contributed by atoms with van der Waals surface area (Å²) in [5.41, 5.74) is 6.43. The van der Waals surface area contributed by atoms with Gasteiger partial charge in [-0.05, 0) is 93.0 Å². The minimum Gasteiger partial charge on any atom is -0.488 e. The van der Waals surface area contributed by atoms with Gasteiger partial charge in [-0.3, -0.25) is 0 Å². The quantitative estimate of drug-likeness (QED) is 0.436. The lowest BCUT2D eigenvalue weighted by molar-refractivity contribution is 0.0522. The molecule has 0 aliphatic carbocycles. The Kier molecular flexibility index (Phi) is 5.62. The van der Waals surface area contributed by atoms with Crippen molar-refractivity contribution in [2.75, 3.05) is 6.61 Å². The highest BCUT2D eigenvalue weighted by molar-refractivity contribution is 5.90. The van der Waals surface area contributed by atoms with Crippen LogP contribution in [0.25, 0.3) is 11.6 Å². The first-order valence-electron chi connectivity index (χ1n) is 10.3. The van der Waals surface area contributed by atoms with Crippen molar-refractivity contribution in [1.82, 2.24) is 0 Å². The number of carbonyl (C=O) groups excluding carboxylic acids is 1. The van der Waals surface area contributed by atoms with Crippen LogP contribution in [-0.4, -0.2) is 18.2 Å². The predicted molar refractivity (Wildman–Crippen MR) is 119 cm³/mol. The molecule has 0 spiro atoms. The topological polar surface area (TPSA) is 35.5 Å². The van der Waals surface area contributed by atoms with Crippen molar-refractivity contribution < 1.29 is 14.3 Å². The number of aryl methyl sites for hydroxylation is 1. The van der Waals surface area contributed by atoms with Crippen LogP contribution >= 0.6 is 0 Å². The highest BCUT2D eigenvalue weighted by Crippen LogP contribution is 2.46. The summed E-state index contributed by atoms with van der Waals surface area (Å²) in [6, 6.07) is 12.0. The lowest BCUT2D eigenvalue weighted by Crippen LogP contribution is -2.41. The van der Waals surface area contributed by atoms with E-state index in [1.165, 1.54) is 22.3 Å². The van der Waals surface area contributed by atoms with E-state index in [1.807, 2.05) is 31.2 Å². The van der Waals surface area contributed by atoms with E-state index in [-0.39, 0.29) is 17.0 Å². The fourth-order valence-corrected chi connectivity index (χ4v) is 4.47. The summed E-state index contributed by atoms with van der Waals surface area (Å²) in [5.74, 6) is 0.717. The third kappa shape index (κ3) is 4.55. The third-order valence-corrected chi connectivity index (χ3v) is 5.54. The number of benzene rings is 2. The van der Waals surface area contributed by atoms with Crippen molar-refractivity contribution in [3.05, 3.63) is 64.2 Å². The Morgan fingerprint density at radius 2 is 1.79 bits per heavy atom. The monoisotopic (exact) mass is 392 g/mol. The molecular formula is C26H32O3. The molecule has 0 atom stereocenters. The molecule has 0 aromatic heterocycles. The molecule has 1 aliphatic rings. The maximum absolute atomic E-state index is 11.8. The lowest BCUT2D eigenvalue weighted by Gasteiger charge is -2.43. The molecule has 0 bridgehead atoms. The van der Waals surface area contributed by atoms with Crippen LogP contribution in [-0.2, 0) is 10.2 Å². The number of hydrogen-bond acceptors (Lipinski definition) is 3. The standard InChI is InChI=1S/C26H32O3/c1-8-28-24(27)20-11-9-19(10-12-20)13-17(2)21-15-22-23(14-18(21)3)29-26(6,7)16-25(22,4)5/h9-15H,8,16H2,1-7H3. The van der Waals surface area contributed by atoms with Gasteiger partial charge in [-0.2, -0.15) is 0 Å². The van der Waals surface area contributed by atoms with Crippen molar-refractivity contribution in [2.24, 2.45) is 0 Å². The Bertz CT molecular complexity index is 947. The van der Waals surface area contributed by atoms with Crippen LogP contribution in [0.4, 0.5) is 0 Å². The SMILES string of the molecule is CCOC(=O)c1ccc(C=C(C)c2cc3c(cc2C)OC(C)(C)CC3(C)C)cc1. The Labute approximate surface area is 174 Å². The van der Waals surface area contributed by atoms with E-state index in [0.29, 0.717) is 12.2 Å². The zero-order valence-electron chi connectivity index (χ0n) is 18.7. The molecule has 0 N–H and O–H groups in total. The first-order valence-corrected chi connectivity index (χ1v) is 10.3. The van der Waals surface area contributed by atoms with E-state index < -0.39 is 0 Å². The van der Waals surface area contributed by atoms with Crippen LogP contribution in [0.3, 0.4) is 0 Å². The molecule has 1 heterocycles. The molecule has 1 aliphatic heterocycles. The van der Waals surface area contributed by atoms with Gasteiger partial charge in [0.25, 0.3) is 0 Å². The van der Waals surface area contributed by atoms with Crippen LogP contribution < -0.4 is 4.74 Å². The van der Waals surface area contributed by atoms with E-state index >= 15 is 0 Å². The molecule has 2 aromatic carbocycles. The van der Waals surface area contributed by atoms with E-state index in [1.54, 1.807) is 0 Å². The van der Waals surface area contributed by atoms with Gasteiger partial charge in [0, 0.05) is 5.56 Å². The molecule has 0 saturated heterocycles. The average molecular weight is 393 g/mol. The van der Waals surface area contributed by atoms with Gasteiger partial charge in [-0.1, -0.05) is 32.1 Å². The molecule has 154 valence electrons. The van der Waals surface area contributed by atoms with Gasteiger partial charge in [0.15, 0.2) is 0 Å². The highest BCUT2D eigenvalue weighted by Gasteiger charge is 2.39. The summed E-state index contributed by atoms with van der Waals surface area (Å²) in [7, 11) is 0. The van der Waals surface area contributed by atoms with Crippen molar-refractivity contribution in [3.8, 4) is 5.75 Å². The Morgan fingerprint density at radius 3 is 2.41 bits per heavy atom. The van der Waals surface area contributed by atoms with Crippen LogP contribution in [0.5, 0.6) is 5.75 Å². The molecule has 0 amide bonds. The summed E-state index contributed by atoms with van der Waals surface area (Å²) in [6.07, 6.45) is 3.14. The molecule has 0 fully saturated rings. The van der Waals surface area contributed by atoms with Gasteiger partial charge in [0.2, 0.25) is 0 Å². The van der Waals surface area contributed by atoms with Crippen LogP contribution in [0.15, 0.2) is 36.4 Å². The second-order valence-electron chi connectivity index (χ2n) is 9.26. The normalized spacial score (nSPS) is 17.3. The summed E-state index contributed by atoms with van der Waals surface area (Å²) in [6.45, 7) is 15.4. The van der Waals surface area contributed by atoms with E-state index in [9.17, 15) is 4.79 Å². The number of fused-ring (bicyclic) bond motifs is 1. The lowest BCUT2D eigenvalue weighted by atomic mass is 9.72. The molecule has 0 unspecified atom stereocenters. The minimum absolute atomic E-state index is 0.0566. The number of ether oxygens (including phenoxy) is 2. The first-order chi connectivity index (χ1) is 13.5. The van der Waals surface area contributed by atoms with Crippen LogP contribution in [0, 0.1) is 6.92 Å². The molecule has 0 saturated carbocycles. The van der Waals surface area contributed by atoms with Gasteiger partial charge < -0.3 is 9.47 Å². The molecular weight excluding hydrogens is 360 g/mol. The summed E-state index contributed by atoms with van der Waals surface area (Å²) in [5, 5.41) is 0. The predicted octanol–water partition coefficient (Wildman–Crippen LogP) is 6.57. The number of carbonyl (C=O) groups is 1. The smallest absolute Gasteiger partial charge is 0.338 e.